The Morgan fingerprint density at radius 1 is 1.77 bits per heavy atom. The van der Waals surface area contributed by atoms with Crippen LogP contribution in [0.5, 0.6) is 0 Å². The van der Waals surface area contributed by atoms with Gasteiger partial charge in [-0.1, -0.05) is 47.7 Å². The topological polar surface area (TPSA) is 26.0 Å². The number of allylic oxidation sites excluding steroid dienone is 6. The molecule has 0 bridgehead atoms. The van der Waals surface area contributed by atoms with Gasteiger partial charge in [-0.05, 0) is 24.0 Å². The second-order valence-electron chi connectivity index (χ2n) is 3.22. The van der Waals surface area contributed by atoms with Gasteiger partial charge in [-0.25, -0.2) is 0 Å². The zero-order chi connectivity index (χ0) is 9.84. The number of hydrogen-bond donors (Lipinski definition) is 1. The molecule has 1 nitrogen and oxygen atoms in total. The Hall–Kier alpha value is -0.760. The Balaban J connectivity index is 2.95. The summed E-state index contributed by atoms with van der Waals surface area (Å²) in [5, 5.41) is 0. The molecule has 0 heterocycles. The fraction of sp³-hybridized carbons (Fsp3) is 0.273. The van der Waals surface area contributed by atoms with E-state index in [4.69, 9.17) is 5.73 Å². The highest BCUT2D eigenvalue weighted by Gasteiger charge is 2.12. The highest BCUT2D eigenvalue weighted by Crippen LogP contribution is 2.29. The zero-order valence-electron chi connectivity index (χ0n) is 7.76. The van der Waals surface area contributed by atoms with E-state index in [9.17, 15) is 0 Å². The molecule has 0 aromatic rings. The van der Waals surface area contributed by atoms with E-state index < -0.39 is 0 Å². The van der Waals surface area contributed by atoms with Gasteiger partial charge in [-0.2, -0.15) is 0 Å². The van der Waals surface area contributed by atoms with Crippen molar-refractivity contribution in [3.8, 4) is 0 Å². The van der Waals surface area contributed by atoms with Crippen LogP contribution in [0.25, 0.3) is 0 Å². The minimum Gasteiger partial charge on any atom is -0.398 e. The SMILES string of the molecule is C=C/C=C(/N)C1=C(Br)C=CC(C)C1. The van der Waals surface area contributed by atoms with E-state index in [0.717, 1.165) is 16.6 Å². The second kappa shape index (κ2) is 4.47. The minimum atomic E-state index is 0.563. The van der Waals surface area contributed by atoms with Crippen molar-refractivity contribution in [3.63, 3.8) is 0 Å². The molecule has 1 unspecified atom stereocenters. The van der Waals surface area contributed by atoms with Crippen LogP contribution < -0.4 is 5.73 Å². The summed E-state index contributed by atoms with van der Waals surface area (Å²) < 4.78 is 1.08. The molecule has 1 aliphatic rings. The molecule has 2 N–H and O–H groups in total. The molecule has 1 rings (SSSR count). The molecule has 0 fully saturated rings. The zero-order valence-corrected chi connectivity index (χ0v) is 9.34. The lowest BCUT2D eigenvalue weighted by molar-refractivity contribution is 0.709. The van der Waals surface area contributed by atoms with Crippen molar-refractivity contribution < 1.29 is 0 Å². The van der Waals surface area contributed by atoms with Crippen LogP contribution in [0, 0.1) is 5.92 Å². The molecule has 2 heteroatoms. The first-order valence-electron chi connectivity index (χ1n) is 4.30. The van der Waals surface area contributed by atoms with Gasteiger partial charge in [-0.15, -0.1) is 0 Å². The van der Waals surface area contributed by atoms with Gasteiger partial charge >= 0.3 is 0 Å². The Bertz CT molecular complexity index is 297. The van der Waals surface area contributed by atoms with Gasteiger partial charge in [0.15, 0.2) is 0 Å². The molecule has 1 aliphatic carbocycles. The van der Waals surface area contributed by atoms with E-state index >= 15 is 0 Å². The van der Waals surface area contributed by atoms with Gasteiger partial charge in [0.2, 0.25) is 0 Å². The molecule has 0 radical (unpaired) electrons. The monoisotopic (exact) mass is 239 g/mol. The van der Waals surface area contributed by atoms with E-state index in [2.05, 4.69) is 41.6 Å². The molecule has 0 saturated carbocycles. The Labute approximate surface area is 87.8 Å². The quantitative estimate of drug-likeness (QED) is 0.736. The second-order valence-corrected chi connectivity index (χ2v) is 4.08. The van der Waals surface area contributed by atoms with Crippen LogP contribution in [0.2, 0.25) is 0 Å². The average molecular weight is 240 g/mol. The van der Waals surface area contributed by atoms with E-state index in [-0.39, 0.29) is 0 Å². The van der Waals surface area contributed by atoms with Crippen molar-refractivity contribution in [1.29, 1.82) is 0 Å². The van der Waals surface area contributed by atoms with E-state index in [0.29, 0.717) is 5.92 Å². The lowest BCUT2D eigenvalue weighted by atomic mass is 9.94. The van der Waals surface area contributed by atoms with E-state index in [1.165, 1.54) is 5.57 Å². The molecular weight excluding hydrogens is 226 g/mol. The van der Waals surface area contributed by atoms with Crippen LogP contribution in [-0.2, 0) is 0 Å². The van der Waals surface area contributed by atoms with E-state index in [1.54, 1.807) is 6.08 Å². The van der Waals surface area contributed by atoms with Crippen molar-refractivity contribution in [2.45, 2.75) is 13.3 Å². The Kier molecular flexibility index (Phi) is 3.55. The average Bonchev–Trinajstić information content (AvgIpc) is 2.09. The van der Waals surface area contributed by atoms with Crippen LogP contribution >= 0.6 is 15.9 Å². The predicted molar refractivity (Wildman–Crippen MR) is 61.3 cm³/mol. The fourth-order valence-corrected chi connectivity index (χ4v) is 1.86. The predicted octanol–water partition coefficient (Wildman–Crippen LogP) is 3.26. The lowest BCUT2D eigenvalue weighted by Gasteiger charge is -2.17. The standard InChI is InChI=1S/C11H14BrN/c1-3-4-11(13)9-7-8(2)5-6-10(9)12/h3-6,8H,1,7,13H2,2H3/b11-4+. The van der Waals surface area contributed by atoms with Crippen molar-refractivity contribution in [3.05, 3.63) is 46.6 Å². The van der Waals surface area contributed by atoms with Gasteiger partial charge in [0, 0.05) is 10.2 Å². The molecule has 0 aromatic carbocycles. The normalized spacial score (nSPS) is 23.5. The van der Waals surface area contributed by atoms with Gasteiger partial charge in [0.25, 0.3) is 0 Å². The smallest absolute Gasteiger partial charge is 0.0357 e. The summed E-state index contributed by atoms with van der Waals surface area (Å²) in [4.78, 5) is 0. The van der Waals surface area contributed by atoms with Gasteiger partial charge < -0.3 is 5.73 Å². The molecule has 0 saturated heterocycles. The minimum absolute atomic E-state index is 0.563. The first-order valence-corrected chi connectivity index (χ1v) is 5.10. The molecule has 13 heavy (non-hydrogen) atoms. The molecule has 0 amide bonds. The summed E-state index contributed by atoms with van der Waals surface area (Å²) in [5.41, 5.74) is 7.86. The number of rotatable bonds is 2. The molecule has 1 atom stereocenters. The number of hydrogen-bond acceptors (Lipinski definition) is 1. The molecule has 0 spiro atoms. The third kappa shape index (κ3) is 2.59. The summed E-state index contributed by atoms with van der Waals surface area (Å²) in [6, 6.07) is 0. The van der Waals surface area contributed by atoms with Crippen molar-refractivity contribution >= 4 is 15.9 Å². The summed E-state index contributed by atoms with van der Waals surface area (Å²) in [5.74, 6) is 0.563. The van der Waals surface area contributed by atoms with E-state index in [1.807, 2.05) is 6.08 Å². The summed E-state index contributed by atoms with van der Waals surface area (Å²) in [6.45, 7) is 5.80. The summed E-state index contributed by atoms with van der Waals surface area (Å²) in [7, 11) is 0. The highest BCUT2D eigenvalue weighted by atomic mass is 79.9. The van der Waals surface area contributed by atoms with Gasteiger partial charge in [-0.3, -0.25) is 0 Å². The Morgan fingerprint density at radius 2 is 2.46 bits per heavy atom. The van der Waals surface area contributed by atoms with Gasteiger partial charge in [0.1, 0.15) is 0 Å². The molecule has 0 aliphatic heterocycles. The lowest BCUT2D eigenvalue weighted by Crippen LogP contribution is -2.08. The maximum Gasteiger partial charge on any atom is 0.0357 e. The third-order valence-corrected chi connectivity index (χ3v) is 2.77. The molecule has 0 aromatic heterocycles. The van der Waals surface area contributed by atoms with Crippen LogP contribution in [-0.4, -0.2) is 0 Å². The Morgan fingerprint density at radius 3 is 3.08 bits per heavy atom. The maximum atomic E-state index is 5.88. The van der Waals surface area contributed by atoms with Crippen LogP contribution in [0.3, 0.4) is 0 Å². The maximum absolute atomic E-state index is 5.88. The third-order valence-electron chi connectivity index (χ3n) is 2.03. The first kappa shape index (κ1) is 10.3. The number of nitrogens with two attached hydrogens (primary N) is 1. The van der Waals surface area contributed by atoms with Crippen LogP contribution in [0.4, 0.5) is 0 Å². The van der Waals surface area contributed by atoms with Crippen LogP contribution in [0.15, 0.2) is 46.6 Å². The summed E-state index contributed by atoms with van der Waals surface area (Å²) in [6.07, 6.45) is 8.78. The van der Waals surface area contributed by atoms with Gasteiger partial charge in [0.05, 0.1) is 0 Å². The molecule has 70 valence electrons. The summed E-state index contributed by atoms with van der Waals surface area (Å²) >= 11 is 3.49. The van der Waals surface area contributed by atoms with Crippen molar-refractivity contribution in [1.82, 2.24) is 0 Å². The van der Waals surface area contributed by atoms with Crippen molar-refractivity contribution in [2.75, 3.05) is 0 Å². The molecular formula is C11H14BrN. The van der Waals surface area contributed by atoms with Crippen molar-refractivity contribution in [2.24, 2.45) is 11.7 Å². The fourth-order valence-electron chi connectivity index (χ4n) is 1.32. The number of halogens is 1. The highest BCUT2D eigenvalue weighted by molar-refractivity contribution is 9.11. The van der Waals surface area contributed by atoms with Crippen LogP contribution in [0.1, 0.15) is 13.3 Å². The first-order chi connectivity index (χ1) is 6.15. The largest absolute Gasteiger partial charge is 0.398 e.